The highest BCUT2D eigenvalue weighted by molar-refractivity contribution is 5.84. The Labute approximate surface area is 180 Å². The third-order valence-electron chi connectivity index (χ3n) is 7.93. The summed E-state index contributed by atoms with van der Waals surface area (Å²) in [6.07, 6.45) is 8.62. The predicted octanol–water partition coefficient (Wildman–Crippen LogP) is 5.61. The van der Waals surface area contributed by atoms with Gasteiger partial charge in [0.1, 0.15) is 6.04 Å². The van der Waals surface area contributed by atoms with Crippen molar-refractivity contribution in [1.82, 2.24) is 4.90 Å². The van der Waals surface area contributed by atoms with Crippen LogP contribution in [0.25, 0.3) is 0 Å². The number of hydrogen-bond acceptors (Lipinski definition) is 2. The number of hydrogen-bond donors (Lipinski definition) is 1. The maximum Gasteiger partial charge on any atom is 0.244 e. The van der Waals surface area contributed by atoms with Crippen LogP contribution in [-0.2, 0) is 16.8 Å². The molecule has 3 nitrogen and oxygen atoms in total. The van der Waals surface area contributed by atoms with Crippen molar-refractivity contribution in [3.05, 3.63) is 65.7 Å². The Balaban J connectivity index is 1.22. The zero-order chi connectivity index (χ0) is 20.7. The summed E-state index contributed by atoms with van der Waals surface area (Å²) in [6.45, 7) is 2.59. The van der Waals surface area contributed by atoms with Gasteiger partial charge in [-0.25, -0.2) is 0 Å². The van der Waals surface area contributed by atoms with E-state index in [4.69, 9.17) is 0 Å². The molecule has 2 aromatic rings. The lowest BCUT2D eigenvalue weighted by molar-refractivity contribution is -0.130. The fourth-order valence-corrected chi connectivity index (χ4v) is 6.96. The summed E-state index contributed by atoms with van der Waals surface area (Å²) < 4.78 is 0. The van der Waals surface area contributed by atoms with Gasteiger partial charge in [-0.15, -0.1) is 0 Å². The monoisotopic (exact) mass is 402 g/mol. The number of likely N-dealkylation sites (N-methyl/N-ethyl adjacent to an activating group) is 1. The number of anilines is 1. The van der Waals surface area contributed by atoms with Gasteiger partial charge in [0.05, 0.1) is 0 Å². The molecule has 1 N–H and O–H groups in total. The molecule has 2 aromatic carbocycles. The van der Waals surface area contributed by atoms with E-state index in [-0.39, 0.29) is 11.9 Å². The third-order valence-corrected chi connectivity index (χ3v) is 7.93. The van der Waals surface area contributed by atoms with Crippen LogP contribution < -0.4 is 5.32 Å². The molecule has 4 saturated carbocycles. The average Bonchev–Trinajstić information content (AvgIpc) is 2.73. The first-order chi connectivity index (χ1) is 14.5. The van der Waals surface area contributed by atoms with Gasteiger partial charge in [0, 0.05) is 19.3 Å². The summed E-state index contributed by atoms with van der Waals surface area (Å²) in [5.74, 6) is 3.01. The maximum atomic E-state index is 12.8. The molecule has 0 spiro atoms. The highest BCUT2D eigenvalue weighted by Crippen LogP contribution is 2.60. The standard InChI is InChI=1S/C27H34N2O/c1-19(26(30)29(2)18-20-6-4-3-5-7-20)28-25-10-8-24(9-11-25)27-15-21-12-22(16-27)14-23(13-21)17-27/h3-11,19,21-23,28H,12-18H2,1-2H3. The van der Waals surface area contributed by atoms with Crippen LogP contribution in [0.4, 0.5) is 5.69 Å². The van der Waals surface area contributed by atoms with Crippen LogP contribution in [0, 0.1) is 17.8 Å². The summed E-state index contributed by atoms with van der Waals surface area (Å²) in [4.78, 5) is 14.6. The lowest BCUT2D eigenvalue weighted by atomic mass is 9.48. The van der Waals surface area contributed by atoms with Crippen molar-refractivity contribution in [2.75, 3.05) is 12.4 Å². The van der Waals surface area contributed by atoms with Crippen LogP contribution >= 0.6 is 0 Å². The first-order valence-electron chi connectivity index (χ1n) is 11.7. The van der Waals surface area contributed by atoms with Crippen molar-refractivity contribution >= 4 is 11.6 Å². The SMILES string of the molecule is CC(Nc1ccc(C23CC4CC(CC(C4)C2)C3)cc1)C(=O)N(C)Cc1ccccc1. The van der Waals surface area contributed by atoms with Gasteiger partial charge < -0.3 is 10.2 Å². The molecule has 1 atom stereocenters. The fourth-order valence-electron chi connectivity index (χ4n) is 6.96. The normalized spacial score (nSPS) is 30.1. The number of amides is 1. The predicted molar refractivity (Wildman–Crippen MR) is 122 cm³/mol. The van der Waals surface area contributed by atoms with E-state index in [0.29, 0.717) is 12.0 Å². The van der Waals surface area contributed by atoms with E-state index in [9.17, 15) is 4.79 Å². The van der Waals surface area contributed by atoms with Crippen LogP contribution in [0.5, 0.6) is 0 Å². The topological polar surface area (TPSA) is 32.3 Å². The van der Waals surface area contributed by atoms with Gasteiger partial charge in [0.2, 0.25) is 5.91 Å². The van der Waals surface area contributed by atoms with Gasteiger partial charge in [-0.2, -0.15) is 0 Å². The Morgan fingerprint density at radius 1 is 0.967 bits per heavy atom. The van der Waals surface area contributed by atoms with Crippen molar-refractivity contribution in [2.24, 2.45) is 17.8 Å². The van der Waals surface area contributed by atoms with Crippen molar-refractivity contribution in [2.45, 2.75) is 63.5 Å². The molecule has 6 rings (SSSR count). The highest BCUT2D eigenvalue weighted by atomic mass is 16.2. The number of benzene rings is 2. The van der Waals surface area contributed by atoms with Crippen LogP contribution in [0.2, 0.25) is 0 Å². The fraction of sp³-hybridized carbons (Fsp3) is 0.519. The van der Waals surface area contributed by atoms with Crippen LogP contribution in [0.15, 0.2) is 54.6 Å². The molecule has 0 heterocycles. The Morgan fingerprint density at radius 3 is 2.10 bits per heavy atom. The van der Waals surface area contributed by atoms with Crippen molar-refractivity contribution in [1.29, 1.82) is 0 Å². The zero-order valence-corrected chi connectivity index (χ0v) is 18.3. The maximum absolute atomic E-state index is 12.8. The molecule has 4 fully saturated rings. The van der Waals surface area contributed by atoms with E-state index in [2.05, 4.69) is 41.7 Å². The van der Waals surface area contributed by atoms with E-state index < -0.39 is 0 Å². The van der Waals surface area contributed by atoms with Gasteiger partial charge in [0.15, 0.2) is 0 Å². The quantitative estimate of drug-likeness (QED) is 0.681. The van der Waals surface area contributed by atoms with Crippen LogP contribution in [0.3, 0.4) is 0 Å². The van der Waals surface area contributed by atoms with Crippen LogP contribution in [-0.4, -0.2) is 23.9 Å². The molecule has 1 unspecified atom stereocenters. The number of nitrogens with one attached hydrogen (secondary N) is 1. The molecule has 0 aromatic heterocycles. The third kappa shape index (κ3) is 3.75. The van der Waals surface area contributed by atoms with Gasteiger partial charge in [-0.1, -0.05) is 42.5 Å². The molecule has 0 aliphatic heterocycles. The number of rotatable bonds is 6. The molecular weight excluding hydrogens is 368 g/mol. The molecule has 3 heteroatoms. The lowest BCUT2D eigenvalue weighted by Crippen LogP contribution is -2.48. The molecule has 4 aliphatic carbocycles. The number of nitrogens with zero attached hydrogens (tertiary/aromatic N) is 1. The summed E-state index contributed by atoms with van der Waals surface area (Å²) in [6, 6.07) is 19.0. The summed E-state index contributed by atoms with van der Waals surface area (Å²) in [5, 5.41) is 3.42. The van der Waals surface area contributed by atoms with Gasteiger partial charge >= 0.3 is 0 Å². The second-order valence-electron chi connectivity index (χ2n) is 10.3. The summed E-state index contributed by atoms with van der Waals surface area (Å²) in [7, 11) is 1.88. The minimum absolute atomic E-state index is 0.115. The van der Waals surface area contributed by atoms with Gasteiger partial charge in [-0.3, -0.25) is 4.79 Å². The number of carbonyl (C=O) groups is 1. The second-order valence-corrected chi connectivity index (χ2v) is 10.3. The van der Waals surface area contributed by atoms with E-state index >= 15 is 0 Å². The first kappa shape index (κ1) is 19.7. The molecule has 4 bridgehead atoms. The summed E-state index contributed by atoms with van der Waals surface area (Å²) >= 11 is 0. The Bertz CT molecular complexity index is 854. The molecule has 158 valence electrons. The Morgan fingerprint density at radius 2 is 1.53 bits per heavy atom. The Hall–Kier alpha value is -2.29. The minimum Gasteiger partial charge on any atom is -0.374 e. The van der Waals surface area contributed by atoms with Crippen LogP contribution in [0.1, 0.15) is 56.6 Å². The molecule has 0 saturated heterocycles. The Kier molecular flexibility index (Phi) is 5.08. The van der Waals surface area contributed by atoms with E-state index in [1.807, 2.05) is 32.2 Å². The highest BCUT2D eigenvalue weighted by Gasteiger charge is 2.51. The molecule has 1 amide bonds. The van der Waals surface area contributed by atoms with Gasteiger partial charge in [0.25, 0.3) is 0 Å². The van der Waals surface area contributed by atoms with E-state index in [1.165, 1.54) is 44.1 Å². The first-order valence-corrected chi connectivity index (χ1v) is 11.7. The smallest absolute Gasteiger partial charge is 0.244 e. The second kappa shape index (κ2) is 7.76. The van der Waals surface area contributed by atoms with E-state index in [1.54, 1.807) is 4.90 Å². The molecular formula is C27H34N2O. The lowest BCUT2D eigenvalue weighted by Gasteiger charge is -2.57. The largest absolute Gasteiger partial charge is 0.374 e. The molecule has 0 radical (unpaired) electrons. The van der Waals surface area contributed by atoms with E-state index in [0.717, 1.165) is 29.0 Å². The number of carbonyl (C=O) groups excluding carboxylic acids is 1. The van der Waals surface area contributed by atoms with Crippen molar-refractivity contribution < 1.29 is 4.79 Å². The summed E-state index contributed by atoms with van der Waals surface area (Å²) in [5.41, 5.74) is 4.16. The molecule has 30 heavy (non-hydrogen) atoms. The average molecular weight is 403 g/mol. The van der Waals surface area contributed by atoms with Gasteiger partial charge in [-0.05, 0) is 91.9 Å². The van der Waals surface area contributed by atoms with Crippen molar-refractivity contribution in [3.8, 4) is 0 Å². The molecule has 4 aliphatic rings. The van der Waals surface area contributed by atoms with Crippen molar-refractivity contribution in [3.63, 3.8) is 0 Å². The minimum atomic E-state index is -0.246. The zero-order valence-electron chi connectivity index (χ0n) is 18.3.